The highest BCUT2D eigenvalue weighted by Gasteiger charge is 1.97. The summed E-state index contributed by atoms with van der Waals surface area (Å²) in [7, 11) is 0. The van der Waals surface area contributed by atoms with Crippen LogP contribution in [0.15, 0.2) is 48.5 Å². The van der Waals surface area contributed by atoms with E-state index in [2.05, 4.69) is 11.4 Å². The van der Waals surface area contributed by atoms with Crippen molar-refractivity contribution >= 4 is 11.4 Å². The summed E-state index contributed by atoms with van der Waals surface area (Å²) in [6.07, 6.45) is 0. The van der Waals surface area contributed by atoms with Crippen LogP contribution in [0.2, 0.25) is 0 Å². The lowest BCUT2D eigenvalue weighted by atomic mass is 10.1. The maximum absolute atomic E-state index is 8.69. The van der Waals surface area contributed by atoms with Crippen LogP contribution in [-0.4, -0.2) is 0 Å². The molecule has 0 fully saturated rings. The number of nitrogens with zero attached hydrogens (tertiary/aromatic N) is 1. The molecule has 2 aromatic rings. The van der Waals surface area contributed by atoms with Gasteiger partial charge in [0.15, 0.2) is 0 Å². The summed E-state index contributed by atoms with van der Waals surface area (Å²) in [6, 6.07) is 17.2. The third-order valence-electron chi connectivity index (χ3n) is 2.53. The van der Waals surface area contributed by atoms with E-state index < -0.39 is 0 Å². The summed E-state index contributed by atoms with van der Waals surface area (Å²) in [4.78, 5) is 0. The van der Waals surface area contributed by atoms with E-state index in [0.29, 0.717) is 12.1 Å². The van der Waals surface area contributed by atoms with Crippen LogP contribution in [0.3, 0.4) is 0 Å². The van der Waals surface area contributed by atoms with Crippen molar-refractivity contribution in [3.05, 3.63) is 59.7 Å². The number of nitrogen functional groups attached to an aromatic ring is 1. The lowest BCUT2D eigenvalue weighted by Gasteiger charge is -2.08. The lowest BCUT2D eigenvalue weighted by Crippen LogP contribution is -2.02. The molecular formula is C14H13N3. The van der Waals surface area contributed by atoms with E-state index >= 15 is 0 Å². The van der Waals surface area contributed by atoms with E-state index in [4.69, 9.17) is 11.0 Å². The number of benzene rings is 2. The molecule has 0 spiro atoms. The maximum Gasteiger partial charge on any atom is 0.0991 e. The molecule has 0 saturated carbocycles. The monoisotopic (exact) mass is 223 g/mol. The molecule has 0 bridgehead atoms. The van der Waals surface area contributed by atoms with E-state index in [1.54, 1.807) is 0 Å². The van der Waals surface area contributed by atoms with Gasteiger partial charge in [-0.1, -0.05) is 24.3 Å². The van der Waals surface area contributed by atoms with E-state index in [0.717, 1.165) is 16.9 Å². The van der Waals surface area contributed by atoms with Gasteiger partial charge < -0.3 is 11.1 Å². The van der Waals surface area contributed by atoms with Crippen molar-refractivity contribution in [1.82, 2.24) is 0 Å². The number of hydrogen-bond donors (Lipinski definition) is 2. The van der Waals surface area contributed by atoms with Gasteiger partial charge in [0.1, 0.15) is 0 Å². The second kappa shape index (κ2) is 5.04. The minimum absolute atomic E-state index is 0.674. The predicted molar refractivity (Wildman–Crippen MR) is 69.3 cm³/mol. The van der Waals surface area contributed by atoms with Crippen LogP contribution in [0.4, 0.5) is 11.4 Å². The van der Waals surface area contributed by atoms with Gasteiger partial charge in [0.2, 0.25) is 0 Å². The molecule has 0 aliphatic rings. The van der Waals surface area contributed by atoms with Gasteiger partial charge in [0.25, 0.3) is 0 Å². The first-order chi connectivity index (χ1) is 8.29. The molecule has 0 aliphatic heterocycles. The van der Waals surface area contributed by atoms with Crippen molar-refractivity contribution in [1.29, 1.82) is 5.26 Å². The smallest absolute Gasteiger partial charge is 0.0991 e. The molecule has 17 heavy (non-hydrogen) atoms. The molecule has 3 heteroatoms. The first-order valence-electron chi connectivity index (χ1n) is 5.37. The van der Waals surface area contributed by atoms with Crippen LogP contribution in [-0.2, 0) is 6.54 Å². The summed E-state index contributed by atoms with van der Waals surface area (Å²) < 4.78 is 0. The predicted octanol–water partition coefficient (Wildman–Crippen LogP) is 2.75. The normalized spacial score (nSPS) is 9.59. The molecule has 3 N–H and O–H groups in total. The Hall–Kier alpha value is -2.47. The highest BCUT2D eigenvalue weighted by atomic mass is 14.9. The number of anilines is 2. The van der Waals surface area contributed by atoms with Crippen LogP contribution >= 0.6 is 0 Å². The van der Waals surface area contributed by atoms with Crippen molar-refractivity contribution in [2.24, 2.45) is 0 Å². The fourth-order valence-electron chi connectivity index (χ4n) is 1.55. The quantitative estimate of drug-likeness (QED) is 0.786. The zero-order chi connectivity index (χ0) is 12.1. The number of para-hydroxylation sites is 2. The molecule has 3 nitrogen and oxygen atoms in total. The summed E-state index contributed by atoms with van der Waals surface area (Å²) in [5.74, 6) is 0. The summed E-state index contributed by atoms with van der Waals surface area (Å²) >= 11 is 0. The van der Waals surface area contributed by atoms with Crippen molar-refractivity contribution in [3.8, 4) is 6.07 Å². The van der Waals surface area contributed by atoms with Crippen molar-refractivity contribution in [3.63, 3.8) is 0 Å². The zero-order valence-corrected chi connectivity index (χ0v) is 9.35. The Kier molecular flexibility index (Phi) is 3.27. The highest BCUT2D eigenvalue weighted by molar-refractivity contribution is 5.65. The third kappa shape index (κ3) is 2.76. The van der Waals surface area contributed by atoms with Gasteiger partial charge in [-0.3, -0.25) is 0 Å². The third-order valence-corrected chi connectivity index (χ3v) is 2.53. The largest absolute Gasteiger partial charge is 0.397 e. The average molecular weight is 223 g/mol. The zero-order valence-electron chi connectivity index (χ0n) is 9.35. The number of rotatable bonds is 3. The molecule has 2 rings (SSSR count). The van der Waals surface area contributed by atoms with E-state index in [-0.39, 0.29) is 0 Å². The van der Waals surface area contributed by atoms with Crippen LogP contribution < -0.4 is 11.1 Å². The van der Waals surface area contributed by atoms with Gasteiger partial charge in [-0.05, 0) is 29.8 Å². The molecule has 2 aromatic carbocycles. The molecule has 0 heterocycles. The molecule has 84 valence electrons. The molecule has 0 aromatic heterocycles. The van der Waals surface area contributed by atoms with Crippen molar-refractivity contribution in [2.75, 3.05) is 11.1 Å². The SMILES string of the molecule is N#Cc1ccc(CNc2ccccc2N)cc1. The molecular weight excluding hydrogens is 210 g/mol. The average Bonchev–Trinajstić information content (AvgIpc) is 2.38. The number of nitriles is 1. The van der Waals surface area contributed by atoms with Crippen LogP contribution in [0.5, 0.6) is 0 Å². The minimum Gasteiger partial charge on any atom is -0.397 e. The molecule has 0 unspecified atom stereocenters. The fourth-order valence-corrected chi connectivity index (χ4v) is 1.55. The van der Waals surface area contributed by atoms with Gasteiger partial charge in [-0.2, -0.15) is 5.26 Å². The van der Waals surface area contributed by atoms with Gasteiger partial charge in [-0.15, -0.1) is 0 Å². The Morgan fingerprint density at radius 1 is 1.06 bits per heavy atom. The maximum atomic E-state index is 8.69. The second-order valence-electron chi connectivity index (χ2n) is 3.75. The van der Waals surface area contributed by atoms with Crippen LogP contribution in [0, 0.1) is 11.3 Å². The van der Waals surface area contributed by atoms with E-state index in [9.17, 15) is 0 Å². The van der Waals surface area contributed by atoms with E-state index in [1.807, 2.05) is 48.5 Å². The molecule has 0 radical (unpaired) electrons. The van der Waals surface area contributed by atoms with Crippen molar-refractivity contribution in [2.45, 2.75) is 6.54 Å². The summed E-state index contributed by atoms with van der Waals surface area (Å²) in [5.41, 5.74) is 9.28. The first-order valence-corrected chi connectivity index (χ1v) is 5.37. The highest BCUT2D eigenvalue weighted by Crippen LogP contribution is 2.17. The Morgan fingerprint density at radius 2 is 1.76 bits per heavy atom. The topological polar surface area (TPSA) is 61.8 Å². The minimum atomic E-state index is 0.674. The van der Waals surface area contributed by atoms with Crippen molar-refractivity contribution < 1.29 is 0 Å². The van der Waals surface area contributed by atoms with Crippen LogP contribution in [0.1, 0.15) is 11.1 Å². The lowest BCUT2D eigenvalue weighted by molar-refractivity contribution is 1.15. The number of nitrogens with one attached hydrogen (secondary N) is 1. The molecule has 0 saturated heterocycles. The molecule has 0 atom stereocenters. The van der Waals surface area contributed by atoms with Gasteiger partial charge >= 0.3 is 0 Å². The molecule has 0 amide bonds. The standard InChI is InChI=1S/C14H13N3/c15-9-11-5-7-12(8-6-11)10-17-14-4-2-1-3-13(14)16/h1-8,17H,10,16H2. The first kappa shape index (κ1) is 11.0. The second-order valence-corrected chi connectivity index (χ2v) is 3.75. The van der Waals surface area contributed by atoms with Gasteiger partial charge in [0.05, 0.1) is 23.0 Å². The number of hydrogen-bond acceptors (Lipinski definition) is 3. The summed E-state index contributed by atoms with van der Waals surface area (Å²) in [5, 5.41) is 11.9. The Bertz CT molecular complexity index is 538. The molecule has 0 aliphatic carbocycles. The summed E-state index contributed by atoms with van der Waals surface area (Å²) in [6.45, 7) is 0.694. The van der Waals surface area contributed by atoms with Crippen LogP contribution in [0.25, 0.3) is 0 Å². The Labute approximate surface area is 101 Å². The Morgan fingerprint density at radius 3 is 2.41 bits per heavy atom. The van der Waals surface area contributed by atoms with Gasteiger partial charge in [-0.25, -0.2) is 0 Å². The van der Waals surface area contributed by atoms with Gasteiger partial charge in [0, 0.05) is 6.54 Å². The number of nitrogens with two attached hydrogens (primary N) is 1. The fraction of sp³-hybridized carbons (Fsp3) is 0.0714. The van der Waals surface area contributed by atoms with E-state index in [1.165, 1.54) is 0 Å². The Balaban J connectivity index is 2.03.